The number of fused-ring (bicyclic) bond motifs is 1. The summed E-state index contributed by atoms with van der Waals surface area (Å²) < 4.78 is 1.38. The number of rotatable bonds is 2. The van der Waals surface area contributed by atoms with Crippen molar-refractivity contribution in [1.82, 2.24) is 5.32 Å². The van der Waals surface area contributed by atoms with Crippen LogP contribution in [0.3, 0.4) is 0 Å². The zero-order chi connectivity index (χ0) is 10.9. The topological polar surface area (TPSA) is 12.0 Å². The Morgan fingerprint density at radius 1 is 1.20 bits per heavy atom. The molecular formula is C13H17NS. The van der Waals surface area contributed by atoms with Crippen molar-refractivity contribution in [2.24, 2.45) is 0 Å². The fourth-order valence-corrected chi connectivity index (χ4v) is 2.48. The van der Waals surface area contributed by atoms with E-state index < -0.39 is 0 Å². The van der Waals surface area contributed by atoms with Crippen LogP contribution >= 0.6 is 11.3 Å². The SMILES string of the molecule is CC(C)(C)NCc1cc2ccccc2s1. The molecule has 1 aromatic carbocycles. The van der Waals surface area contributed by atoms with Crippen LogP contribution in [0.5, 0.6) is 0 Å². The first-order valence-corrected chi connectivity index (χ1v) is 6.09. The van der Waals surface area contributed by atoms with E-state index in [2.05, 4.69) is 56.4 Å². The summed E-state index contributed by atoms with van der Waals surface area (Å²) in [6, 6.07) is 10.8. The van der Waals surface area contributed by atoms with E-state index in [4.69, 9.17) is 0 Å². The maximum Gasteiger partial charge on any atom is 0.0346 e. The molecule has 2 rings (SSSR count). The van der Waals surface area contributed by atoms with E-state index >= 15 is 0 Å². The highest BCUT2D eigenvalue weighted by Gasteiger charge is 2.09. The summed E-state index contributed by atoms with van der Waals surface area (Å²) >= 11 is 1.88. The highest BCUT2D eigenvalue weighted by Crippen LogP contribution is 2.25. The lowest BCUT2D eigenvalue weighted by molar-refractivity contribution is 0.426. The van der Waals surface area contributed by atoms with Crippen molar-refractivity contribution in [2.75, 3.05) is 0 Å². The van der Waals surface area contributed by atoms with Gasteiger partial charge in [0.2, 0.25) is 0 Å². The van der Waals surface area contributed by atoms with E-state index in [0.717, 1.165) is 6.54 Å². The van der Waals surface area contributed by atoms with Crippen LogP contribution in [0, 0.1) is 0 Å². The van der Waals surface area contributed by atoms with E-state index in [-0.39, 0.29) is 5.54 Å². The largest absolute Gasteiger partial charge is 0.307 e. The number of thiophene rings is 1. The lowest BCUT2D eigenvalue weighted by Gasteiger charge is -2.19. The normalized spacial score (nSPS) is 12.2. The molecule has 15 heavy (non-hydrogen) atoms. The van der Waals surface area contributed by atoms with E-state index in [1.165, 1.54) is 15.0 Å². The minimum absolute atomic E-state index is 0.191. The fraction of sp³-hybridized carbons (Fsp3) is 0.385. The van der Waals surface area contributed by atoms with Gasteiger partial charge in [0.25, 0.3) is 0 Å². The summed E-state index contributed by atoms with van der Waals surface area (Å²) in [7, 11) is 0. The van der Waals surface area contributed by atoms with Crippen molar-refractivity contribution in [3.63, 3.8) is 0 Å². The minimum atomic E-state index is 0.191. The summed E-state index contributed by atoms with van der Waals surface area (Å²) in [6.07, 6.45) is 0. The van der Waals surface area contributed by atoms with Crippen LogP contribution in [-0.4, -0.2) is 5.54 Å². The van der Waals surface area contributed by atoms with Gasteiger partial charge in [-0.15, -0.1) is 11.3 Å². The molecule has 0 spiro atoms. The number of hydrogen-bond donors (Lipinski definition) is 1. The molecule has 0 bridgehead atoms. The zero-order valence-corrected chi connectivity index (χ0v) is 10.3. The van der Waals surface area contributed by atoms with Gasteiger partial charge >= 0.3 is 0 Å². The Morgan fingerprint density at radius 3 is 2.60 bits per heavy atom. The van der Waals surface area contributed by atoms with Crippen LogP contribution in [0.2, 0.25) is 0 Å². The molecule has 0 aliphatic rings. The van der Waals surface area contributed by atoms with Gasteiger partial charge in [0, 0.05) is 21.7 Å². The average Bonchev–Trinajstić information content (AvgIpc) is 2.56. The van der Waals surface area contributed by atoms with E-state index in [1.807, 2.05) is 11.3 Å². The van der Waals surface area contributed by atoms with Crippen molar-refractivity contribution in [2.45, 2.75) is 32.9 Å². The quantitative estimate of drug-likeness (QED) is 0.810. The van der Waals surface area contributed by atoms with Gasteiger partial charge in [0.15, 0.2) is 0 Å². The fourth-order valence-electron chi connectivity index (χ4n) is 1.48. The molecule has 0 amide bonds. The first kappa shape index (κ1) is 10.7. The van der Waals surface area contributed by atoms with Crippen molar-refractivity contribution >= 4 is 21.4 Å². The molecule has 1 N–H and O–H groups in total. The van der Waals surface area contributed by atoms with Crippen LogP contribution in [-0.2, 0) is 6.54 Å². The molecule has 0 saturated carbocycles. The van der Waals surface area contributed by atoms with Crippen LogP contribution < -0.4 is 5.32 Å². The van der Waals surface area contributed by atoms with Crippen LogP contribution in [0.1, 0.15) is 25.6 Å². The van der Waals surface area contributed by atoms with Crippen molar-refractivity contribution < 1.29 is 0 Å². The highest BCUT2D eigenvalue weighted by atomic mass is 32.1. The molecule has 0 radical (unpaired) electrons. The molecule has 0 atom stereocenters. The van der Waals surface area contributed by atoms with Gasteiger partial charge in [-0.05, 0) is 38.3 Å². The van der Waals surface area contributed by atoms with Gasteiger partial charge in [-0.1, -0.05) is 18.2 Å². The third-order valence-electron chi connectivity index (χ3n) is 2.27. The number of hydrogen-bond acceptors (Lipinski definition) is 2. The number of benzene rings is 1. The van der Waals surface area contributed by atoms with Crippen LogP contribution in [0.15, 0.2) is 30.3 Å². The third-order valence-corrected chi connectivity index (χ3v) is 3.39. The lowest BCUT2D eigenvalue weighted by Crippen LogP contribution is -2.34. The van der Waals surface area contributed by atoms with Gasteiger partial charge in [-0.2, -0.15) is 0 Å². The number of nitrogens with one attached hydrogen (secondary N) is 1. The van der Waals surface area contributed by atoms with Gasteiger partial charge in [0.05, 0.1) is 0 Å². The zero-order valence-electron chi connectivity index (χ0n) is 9.50. The van der Waals surface area contributed by atoms with E-state index in [9.17, 15) is 0 Å². The Bertz CT molecular complexity index is 418. The van der Waals surface area contributed by atoms with E-state index in [0.29, 0.717) is 0 Å². The molecular weight excluding hydrogens is 202 g/mol. The Morgan fingerprint density at radius 2 is 1.93 bits per heavy atom. The maximum atomic E-state index is 3.51. The first-order valence-electron chi connectivity index (χ1n) is 5.27. The Labute approximate surface area is 95.1 Å². The summed E-state index contributed by atoms with van der Waals surface area (Å²) in [6.45, 7) is 7.55. The van der Waals surface area contributed by atoms with Crippen molar-refractivity contribution in [1.29, 1.82) is 0 Å². The molecule has 0 aliphatic heterocycles. The molecule has 1 nitrogen and oxygen atoms in total. The van der Waals surface area contributed by atoms with Crippen molar-refractivity contribution in [3.8, 4) is 0 Å². The Hall–Kier alpha value is -0.860. The van der Waals surface area contributed by atoms with Gasteiger partial charge in [0.1, 0.15) is 0 Å². The standard InChI is InChI=1S/C13H17NS/c1-13(2,3)14-9-11-8-10-6-4-5-7-12(10)15-11/h4-8,14H,9H2,1-3H3. The summed E-state index contributed by atoms with van der Waals surface area (Å²) in [5.41, 5.74) is 0.191. The summed E-state index contributed by atoms with van der Waals surface area (Å²) in [5, 5.41) is 4.86. The Balaban J connectivity index is 2.16. The third kappa shape index (κ3) is 2.80. The maximum absolute atomic E-state index is 3.51. The van der Waals surface area contributed by atoms with Gasteiger partial charge < -0.3 is 5.32 Å². The summed E-state index contributed by atoms with van der Waals surface area (Å²) in [4.78, 5) is 1.41. The molecule has 80 valence electrons. The molecule has 2 heteroatoms. The molecule has 1 heterocycles. The second kappa shape index (κ2) is 3.95. The smallest absolute Gasteiger partial charge is 0.0346 e. The molecule has 0 saturated heterocycles. The second-order valence-corrected chi connectivity index (χ2v) is 6.02. The molecule has 1 aromatic heterocycles. The molecule has 2 aromatic rings. The predicted molar refractivity (Wildman–Crippen MR) is 68.4 cm³/mol. The lowest BCUT2D eigenvalue weighted by atomic mass is 10.1. The van der Waals surface area contributed by atoms with Crippen LogP contribution in [0.25, 0.3) is 10.1 Å². The van der Waals surface area contributed by atoms with Gasteiger partial charge in [-0.3, -0.25) is 0 Å². The van der Waals surface area contributed by atoms with Crippen LogP contribution in [0.4, 0.5) is 0 Å². The molecule has 0 aliphatic carbocycles. The second-order valence-electron chi connectivity index (χ2n) is 4.85. The van der Waals surface area contributed by atoms with Gasteiger partial charge in [-0.25, -0.2) is 0 Å². The Kier molecular flexibility index (Phi) is 2.81. The predicted octanol–water partition coefficient (Wildman–Crippen LogP) is 3.79. The van der Waals surface area contributed by atoms with E-state index in [1.54, 1.807) is 0 Å². The highest BCUT2D eigenvalue weighted by molar-refractivity contribution is 7.19. The monoisotopic (exact) mass is 219 g/mol. The molecule has 0 fully saturated rings. The summed E-state index contributed by atoms with van der Waals surface area (Å²) in [5.74, 6) is 0. The average molecular weight is 219 g/mol. The first-order chi connectivity index (χ1) is 7.04. The minimum Gasteiger partial charge on any atom is -0.307 e. The van der Waals surface area contributed by atoms with Crippen molar-refractivity contribution in [3.05, 3.63) is 35.2 Å². The molecule has 0 unspecified atom stereocenters.